The standard InChI is InChI=1S/C22H24N4O2S/c27-22(16-5-6-16)26-20-11-19(18-7-9-23-21(18)25-20)15-3-1-14(2-4-15)12-24-17-8-10-29(28)13-17/h1-4,7,9,11,16-17,24H,5-6,8,10,12-13H2,(H2,23,25,26,27). The first-order valence-electron chi connectivity index (χ1n) is 10.1. The number of carbonyl (C=O) groups excluding carboxylic acids is 1. The van der Waals surface area contributed by atoms with Gasteiger partial charge in [0.1, 0.15) is 23.0 Å². The Morgan fingerprint density at radius 3 is 2.76 bits per heavy atom. The molecule has 3 heterocycles. The van der Waals surface area contributed by atoms with Crippen molar-refractivity contribution in [2.45, 2.75) is 31.8 Å². The van der Waals surface area contributed by atoms with Gasteiger partial charge in [-0.1, -0.05) is 35.4 Å². The van der Waals surface area contributed by atoms with E-state index in [1.165, 1.54) is 5.56 Å². The highest BCUT2D eigenvalue weighted by atomic mass is 32.2. The van der Waals surface area contributed by atoms with Crippen molar-refractivity contribution >= 4 is 33.9 Å². The van der Waals surface area contributed by atoms with Crippen molar-refractivity contribution in [3.8, 4) is 11.1 Å². The lowest BCUT2D eigenvalue weighted by atomic mass is 10.0. The number of amides is 1. The van der Waals surface area contributed by atoms with E-state index < -0.39 is 11.2 Å². The molecule has 2 unspecified atom stereocenters. The molecule has 1 aliphatic heterocycles. The molecule has 3 aromatic rings. The molecule has 0 spiro atoms. The van der Waals surface area contributed by atoms with Crippen molar-refractivity contribution < 1.29 is 9.35 Å². The van der Waals surface area contributed by atoms with E-state index in [0.717, 1.165) is 59.5 Å². The number of carbonyl (C=O) groups is 1. The molecule has 0 radical (unpaired) electrons. The summed E-state index contributed by atoms with van der Waals surface area (Å²) in [6, 6.07) is 12.8. The molecule has 29 heavy (non-hydrogen) atoms. The molecule has 3 N–H and O–H groups in total. The van der Waals surface area contributed by atoms with Gasteiger partial charge in [0.2, 0.25) is 5.91 Å². The number of fused-ring (bicyclic) bond motifs is 1. The van der Waals surface area contributed by atoms with Gasteiger partial charge in [-0.3, -0.25) is 4.79 Å². The van der Waals surface area contributed by atoms with Crippen LogP contribution >= 0.6 is 0 Å². The Hall–Kier alpha value is -2.35. The summed E-state index contributed by atoms with van der Waals surface area (Å²) < 4.78 is 11.5. The van der Waals surface area contributed by atoms with Crippen LogP contribution in [0.25, 0.3) is 22.2 Å². The minimum absolute atomic E-state index is 0.0589. The van der Waals surface area contributed by atoms with Crippen LogP contribution in [-0.2, 0) is 22.5 Å². The minimum Gasteiger partial charge on any atom is -0.616 e. The number of benzene rings is 1. The van der Waals surface area contributed by atoms with E-state index in [0.29, 0.717) is 11.9 Å². The number of rotatable bonds is 6. The highest BCUT2D eigenvalue weighted by Gasteiger charge is 2.30. The van der Waals surface area contributed by atoms with Crippen molar-refractivity contribution in [1.29, 1.82) is 0 Å². The van der Waals surface area contributed by atoms with E-state index in [9.17, 15) is 9.35 Å². The molecule has 7 heteroatoms. The molecule has 1 amide bonds. The number of nitrogens with zero attached hydrogens (tertiary/aromatic N) is 1. The second-order valence-corrected chi connectivity index (χ2v) is 9.55. The van der Waals surface area contributed by atoms with E-state index in [2.05, 4.69) is 44.9 Å². The summed E-state index contributed by atoms with van der Waals surface area (Å²) >= 11 is -0.656. The number of aromatic amines is 1. The number of anilines is 1. The molecule has 150 valence electrons. The largest absolute Gasteiger partial charge is 0.616 e. The van der Waals surface area contributed by atoms with Gasteiger partial charge >= 0.3 is 0 Å². The van der Waals surface area contributed by atoms with Gasteiger partial charge in [0.15, 0.2) is 0 Å². The smallest absolute Gasteiger partial charge is 0.228 e. The van der Waals surface area contributed by atoms with Crippen LogP contribution in [0.15, 0.2) is 42.6 Å². The van der Waals surface area contributed by atoms with Crippen LogP contribution in [0.4, 0.5) is 5.82 Å². The van der Waals surface area contributed by atoms with Crippen LogP contribution in [0.3, 0.4) is 0 Å². The Morgan fingerprint density at radius 1 is 1.21 bits per heavy atom. The minimum atomic E-state index is -0.656. The first kappa shape index (κ1) is 18.7. The lowest BCUT2D eigenvalue weighted by Crippen LogP contribution is -2.29. The topological polar surface area (TPSA) is 92.9 Å². The zero-order valence-electron chi connectivity index (χ0n) is 16.1. The van der Waals surface area contributed by atoms with Crippen LogP contribution in [0.5, 0.6) is 0 Å². The molecule has 1 aliphatic carbocycles. The predicted octanol–water partition coefficient (Wildman–Crippen LogP) is 3.19. The first-order chi connectivity index (χ1) is 14.2. The second kappa shape index (κ2) is 7.82. The fourth-order valence-electron chi connectivity index (χ4n) is 3.80. The van der Waals surface area contributed by atoms with Crippen molar-refractivity contribution in [3.63, 3.8) is 0 Å². The van der Waals surface area contributed by atoms with Gasteiger partial charge in [0, 0.05) is 30.5 Å². The zero-order valence-corrected chi connectivity index (χ0v) is 16.9. The van der Waals surface area contributed by atoms with Gasteiger partial charge in [-0.25, -0.2) is 4.98 Å². The molecule has 2 aromatic heterocycles. The summed E-state index contributed by atoms with van der Waals surface area (Å²) in [7, 11) is 0. The van der Waals surface area contributed by atoms with E-state index in [1.54, 1.807) is 0 Å². The Labute approximate surface area is 172 Å². The molecule has 1 saturated heterocycles. The maximum atomic E-state index is 12.2. The van der Waals surface area contributed by atoms with Crippen molar-refractivity contribution in [2.75, 3.05) is 16.8 Å². The lowest BCUT2D eigenvalue weighted by molar-refractivity contribution is -0.117. The molecular formula is C22H24N4O2S. The normalized spacial score (nSPS) is 21.6. The molecule has 2 atom stereocenters. The Balaban J connectivity index is 1.35. The number of hydrogen-bond acceptors (Lipinski definition) is 4. The molecule has 2 aliphatic rings. The van der Waals surface area contributed by atoms with Gasteiger partial charge in [-0.15, -0.1) is 0 Å². The van der Waals surface area contributed by atoms with Crippen LogP contribution < -0.4 is 10.6 Å². The zero-order chi connectivity index (χ0) is 19.8. The van der Waals surface area contributed by atoms with Crippen LogP contribution in [0.2, 0.25) is 0 Å². The highest BCUT2D eigenvalue weighted by Crippen LogP contribution is 2.33. The van der Waals surface area contributed by atoms with Gasteiger partial charge < -0.3 is 20.2 Å². The molecule has 1 aromatic carbocycles. The van der Waals surface area contributed by atoms with Crippen LogP contribution in [0, 0.1) is 5.92 Å². The first-order valence-corrected chi connectivity index (χ1v) is 11.6. The Bertz CT molecular complexity index is 1030. The third-order valence-electron chi connectivity index (χ3n) is 5.67. The van der Waals surface area contributed by atoms with E-state index >= 15 is 0 Å². The number of nitrogens with one attached hydrogen (secondary N) is 3. The van der Waals surface area contributed by atoms with Crippen LogP contribution in [-0.4, -0.2) is 38.0 Å². The number of pyridine rings is 1. The van der Waals surface area contributed by atoms with Gasteiger partial charge in [-0.05, 0) is 41.7 Å². The molecule has 1 saturated carbocycles. The Morgan fingerprint density at radius 2 is 2.03 bits per heavy atom. The second-order valence-electron chi connectivity index (χ2n) is 7.93. The quantitative estimate of drug-likeness (QED) is 0.546. The summed E-state index contributed by atoms with van der Waals surface area (Å²) in [5.74, 6) is 2.36. The summed E-state index contributed by atoms with van der Waals surface area (Å²) in [5.41, 5.74) is 4.11. The van der Waals surface area contributed by atoms with Crippen molar-refractivity contribution in [1.82, 2.24) is 15.3 Å². The average molecular weight is 409 g/mol. The number of hydrogen-bond donors (Lipinski definition) is 3. The van der Waals surface area contributed by atoms with Gasteiger partial charge in [0.05, 0.1) is 6.04 Å². The maximum Gasteiger partial charge on any atom is 0.228 e. The maximum absolute atomic E-state index is 12.2. The van der Waals surface area contributed by atoms with Crippen LogP contribution in [0.1, 0.15) is 24.8 Å². The third-order valence-corrected chi connectivity index (χ3v) is 7.13. The fraction of sp³-hybridized carbons (Fsp3) is 0.364. The lowest BCUT2D eigenvalue weighted by Gasteiger charge is -2.12. The fourth-order valence-corrected chi connectivity index (χ4v) is 5.25. The molecule has 0 bridgehead atoms. The monoisotopic (exact) mass is 408 g/mol. The number of aromatic nitrogens is 2. The van der Waals surface area contributed by atoms with Crippen molar-refractivity contribution in [3.05, 3.63) is 48.2 Å². The predicted molar refractivity (Wildman–Crippen MR) is 116 cm³/mol. The van der Waals surface area contributed by atoms with Gasteiger partial charge in [-0.2, -0.15) is 0 Å². The molecule has 5 rings (SSSR count). The molecule has 6 nitrogen and oxygen atoms in total. The summed E-state index contributed by atoms with van der Waals surface area (Å²) in [6.07, 6.45) is 4.80. The van der Waals surface area contributed by atoms with E-state index in [4.69, 9.17) is 0 Å². The highest BCUT2D eigenvalue weighted by molar-refractivity contribution is 7.91. The summed E-state index contributed by atoms with van der Waals surface area (Å²) in [4.78, 5) is 19.9. The summed E-state index contributed by atoms with van der Waals surface area (Å²) in [6.45, 7) is 0.779. The van der Waals surface area contributed by atoms with E-state index in [-0.39, 0.29) is 11.8 Å². The Kier molecular flexibility index (Phi) is 5.03. The van der Waals surface area contributed by atoms with E-state index in [1.807, 2.05) is 18.3 Å². The number of H-pyrrole nitrogens is 1. The third kappa shape index (κ3) is 4.17. The van der Waals surface area contributed by atoms with Gasteiger partial charge in [0.25, 0.3) is 0 Å². The molecule has 2 fully saturated rings. The SMILES string of the molecule is O=C(Nc1cc(-c2ccc(CNC3CC[S+]([O-])C3)cc2)c2cc[nH]c2n1)C1CC1. The van der Waals surface area contributed by atoms with Crippen molar-refractivity contribution in [2.24, 2.45) is 5.92 Å². The average Bonchev–Trinajstić information content (AvgIpc) is 3.34. The summed E-state index contributed by atoms with van der Waals surface area (Å²) in [5, 5.41) is 7.50. The molecular weight excluding hydrogens is 384 g/mol.